The number of halogens is 1. The molecule has 0 saturated carbocycles. The topological polar surface area (TPSA) is 88.7 Å². The van der Waals surface area contributed by atoms with Crippen molar-refractivity contribution in [3.05, 3.63) is 77.3 Å². The Kier molecular flexibility index (Phi) is 7.57. The summed E-state index contributed by atoms with van der Waals surface area (Å²) in [6, 6.07) is 18.4. The minimum Gasteiger partial charge on any atom is -0.497 e. The minimum atomic E-state index is -0.544. The van der Waals surface area contributed by atoms with Crippen molar-refractivity contribution in [2.75, 3.05) is 30.2 Å². The summed E-state index contributed by atoms with van der Waals surface area (Å²) in [7, 11) is 3.11. The number of methoxy groups -OCH3 is 2. The van der Waals surface area contributed by atoms with Gasteiger partial charge >= 0.3 is 0 Å². The molecule has 3 rings (SSSR count). The highest BCUT2D eigenvalue weighted by Gasteiger charge is 2.16. The Morgan fingerprint density at radius 1 is 0.844 bits per heavy atom. The van der Waals surface area contributed by atoms with E-state index in [1.165, 1.54) is 7.11 Å². The van der Waals surface area contributed by atoms with E-state index in [2.05, 4.69) is 16.0 Å². The number of rotatable bonds is 8. The van der Waals surface area contributed by atoms with E-state index in [0.717, 1.165) is 0 Å². The largest absolute Gasteiger partial charge is 0.497 e. The maximum Gasteiger partial charge on any atom is 0.255 e. The van der Waals surface area contributed by atoms with E-state index in [1.54, 1.807) is 80.8 Å². The van der Waals surface area contributed by atoms with Crippen molar-refractivity contribution in [1.29, 1.82) is 0 Å². The van der Waals surface area contributed by atoms with Gasteiger partial charge in [-0.25, -0.2) is 0 Å². The van der Waals surface area contributed by atoms with Gasteiger partial charge in [0.2, 0.25) is 5.91 Å². The van der Waals surface area contributed by atoms with Crippen LogP contribution in [0, 0.1) is 0 Å². The van der Waals surface area contributed by atoms with Crippen LogP contribution in [0.1, 0.15) is 17.3 Å². The van der Waals surface area contributed by atoms with Crippen LogP contribution in [0.2, 0.25) is 5.02 Å². The van der Waals surface area contributed by atoms with Crippen LogP contribution in [0.25, 0.3) is 0 Å². The molecule has 0 aliphatic rings. The molecule has 0 aliphatic carbocycles. The zero-order valence-corrected chi connectivity index (χ0v) is 18.7. The van der Waals surface area contributed by atoms with E-state index in [1.807, 2.05) is 0 Å². The van der Waals surface area contributed by atoms with Crippen molar-refractivity contribution >= 4 is 40.5 Å². The molecular formula is C24H24ClN3O4. The van der Waals surface area contributed by atoms with Crippen LogP contribution in [0.3, 0.4) is 0 Å². The number of anilines is 3. The van der Waals surface area contributed by atoms with Gasteiger partial charge in [0.15, 0.2) is 0 Å². The molecule has 8 heteroatoms. The summed E-state index contributed by atoms with van der Waals surface area (Å²) in [4.78, 5) is 25.0. The average molecular weight is 454 g/mol. The predicted octanol–water partition coefficient (Wildman–Crippen LogP) is 5.05. The van der Waals surface area contributed by atoms with Crippen molar-refractivity contribution in [2.45, 2.75) is 13.0 Å². The average Bonchev–Trinajstić information content (AvgIpc) is 2.80. The summed E-state index contributed by atoms with van der Waals surface area (Å²) in [6.07, 6.45) is 0. The van der Waals surface area contributed by atoms with Crippen LogP contribution < -0.4 is 25.4 Å². The fourth-order valence-electron chi connectivity index (χ4n) is 2.93. The van der Waals surface area contributed by atoms with Gasteiger partial charge < -0.3 is 25.4 Å². The number of hydrogen-bond donors (Lipinski definition) is 3. The van der Waals surface area contributed by atoms with Crippen molar-refractivity contribution in [1.82, 2.24) is 0 Å². The standard InChI is InChI=1S/C24H24ClN3O4/c1-15(23(29)28-21-14-17(25)6-13-22(21)32-3)26-18-7-4-16(5-8-18)24(30)27-19-9-11-20(31-2)12-10-19/h4-15,26H,1-3H3,(H,27,30)(H,28,29)/t15-/m1/s1. The van der Waals surface area contributed by atoms with Gasteiger partial charge in [0.25, 0.3) is 5.91 Å². The summed E-state index contributed by atoms with van der Waals surface area (Å²) in [5.41, 5.74) is 2.35. The van der Waals surface area contributed by atoms with E-state index >= 15 is 0 Å². The van der Waals surface area contributed by atoms with Gasteiger partial charge in [0.1, 0.15) is 17.5 Å². The van der Waals surface area contributed by atoms with Crippen LogP contribution in [-0.4, -0.2) is 32.1 Å². The molecule has 0 aliphatic heterocycles. The summed E-state index contributed by atoms with van der Waals surface area (Å²) in [5, 5.41) is 9.23. The molecule has 0 heterocycles. The summed E-state index contributed by atoms with van der Waals surface area (Å²) in [5.74, 6) is 0.736. The van der Waals surface area contributed by atoms with Crippen molar-refractivity contribution < 1.29 is 19.1 Å². The molecule has 0 aromatic heterocycles. The molecule has 3 N–H and O–H groups in total. The van der Waals surface area contributed by atoms with E-state index in [0.29, 0.717) is 39.1 Å². The summed E-state index contributed by atoms with van der Waals surface area (Å²) < 4.78 is 10.4. The Morgan fingerprint density at radius 2 is 1.50 bits per heavy atom. The third kappa shape index (κ3) is 5.92. The lowest BCUT2D eigenvalue weighted by Gasteiger charge is -2.17. The number of nitrogens with one attached hydrogen (secondary N) is 3. The Hall–Kier alpha value is -3.71. The molecule has 3 aromatic rings. The Labute approximate surface area is 191 Å². The van der Waals surface area contributed by atoms with E-state index in [4.69, 9.17) is 21.1 Å². The SMILES string of the molecule is COc1ccc(NC(=O)c2ccc(N[C@H](C)C(=O)Nc3cc(Cl)ccc3OC)cc2)cc1. The highest BCUT2D eigenvalue weighted by molar-refractivity contribution is 6.31. The lowest BCUT2D eigenvalue weighted by atomic mass is 10.1. The smallest absolute Gasteiger partial charge is 0.255 e. The van der Waals surface area contributed by atoms with E-state index in [9.17, 15) is 9.59 Å². The van der Waals surface area contributed by atoms with Crippen molar-refractivity contribution in [2.24, 2.45) is 0 Å². The maximum atomic E-state index is 12.6. The second-order valence-corrected chi connectivity index (χ2v) is 7.40. The molecule has 32 heavy (non-hydrogen) atoms. The zero-order chi connectivity index (χ0) is 23.1. The molecule has 3 aromatic carbocycles. The van der Waals surface area contributed by atoms with Crippen LogP contribution in [0.15, 0.2) is 66.7 Å². The normalized spacial score (nSPS) is 11.2. The minimum absolute atomic E-state index is 0.236. The quantitative estimate of drug-likeness (QED) is 0.444. The zero-order valence-electron chi connectivity index (χ0n) is 17.9. The van der Waals surface area contributed by atoms with Gasteiger partial charge in [-0.1, -0.05) is 11.6 Å². The summed E-state index contributed by atoms with van der Waals surface area (Å²) in [6.45, 7) is 1.73. The van der Waals surface area contributed by atoms with Crippen LogP contribution in [0.5, 0.6) is 11.5 Å². The number of ether oxygens (including phenoxy) is 2. The summed E-state index contributed by atoms with van der Waals surface area (Å²) >= 11 is 6.01. The molecule has 0 fully saturated rings. The lowest BCUT2D eigenvalue weighted by Crippen LogP contribution is -2.32. The first-order chi connectivity index (χ1) is 15.4. The number of carbonyl (C=O) groups excluding carboxylic acids is 2. The molecule has 166 valence electrons. The Morgan fingerprint density at radius 3 is 2.12 bits per heavy atom. The van der Waals surface area contributed by atoms with Crippen molar-refractivity contribution in [3.8, 4) is 11.5 Å². The fourth-order valence-corrected chi connectivity index (χ4v) is 3.10. The maximum absolute atomic E-state index is 12.6. The van der Waals surface area contributed by atoms with Gasteiger partial charge in [-0.15, -0.1) is 0 Å². The lowest BCUT2D eigenvalue weighted by molar-refractivity contribution is -0.116. The first kappa shape index (κ1) is 23.0. The molecule has 2 amide bonds. The first-order valence-corrected chi connectivity index (χ1v) is 10.2. The number of benzene rings is 3. The molecule has 0 saturated heterocycles. The van der Waals surface area contributed by atoms with Gasteiger partial charge in [0.05, 0.1) is 19.9 Å². The Balaban J connectivity index is 1.59. The molecule has 0 radical (unpaired) electrons. The van der Waals surface area contributed by atoms with Crippen LogP contribution in [-0.2, 0) is 4.79 Å². The van der Waals surface area contributed by atoms with Gasteiger partial charge in [-0.3, -0.25) is 9.59 Å². The third-order valence-corrected chi connectivity index (χ3v) is 4.93. The third-order valence-electron chi connectivity index (χ3n) is 4.69. The highest BCUT2D eigenvalue weighted by Crippen LogP contribution is 2.28. The number of carbonyl (C=O) groups is 2. The highest BCUT2D eigenvalue weighted by atomic mass is 35.5. The first-order valence-electron chi connectivity index (χ1n) is 9.86. The Bertz CT molecular complexity index is 1090. The fraction of sp³-hybridized carbons (Fsp3) is 0.167. The monoisotopic (exact) mass is 453 g/mol. The van der Waals surface area contributed by atoms with Crippen molar-refractivity contribution in [3.63, 3.8) is 0 Å². The van der Waals surface area contributed by atoms with Crippen LogP contribution >= 0.6 is 11.6 Å². The molecular weight excluding hydrogens is 430 g/mol. The van der Waals surface area contributed by atoms with Crippen LogP contribution in [0.4, 0.5) is 17.1 Å². The molecule has 0 bridgehead atoms. The van der Waals surface area contributed by atoms with Gasteiger partial charge in [-0.2, -0.15) is 0 Å². The van der Waals surface area contributed by atoms with Gasteiger partial charge in [0, 0.05) is 22.0 Å². The molecule has 1 atom stereocenters. The van der Waals surface area contributed by atoms with E-state index < -0.39 is 6.04 Å². The molecule has 7 nitrogen and oxygen atoms in total. The number of amides is 2. The second kappa shape index (κ2) is 10.5. The van der Waals surface area contributed by atoms with Gasteiger partial charge in [-0.05, 0) is 73.7 Å². The predicted molar refractivity (Wildman–Crippen MR) is 127 cm³/mol. The number of hydrogen-bond acceptors (Lipinski definition) is 5. The second-order valence-electron chi connectivity index (χ2n) is 6.96. The molecule has 0 spiro atoms. The van der Waals surface area contributed by atoms with E-state index in [-0.39, 0.29) is 11.8 Å². The molecule has 0 unspecified atom stereocenters.